The molecule has 0 N–H and O–H groups in total. The molecule has 0 saturated carbocycles. The largest absolute Gasteiger partial charge is 0.462 e. The molecule has 0 aromatic heterocycles. The molecule has 0 fully saturated rings. The smallest absolute Gasteiger partial charge is 0.302 e. The second-order valence-corrected chi connectivity index (χ2v) is 3.81. The summed E-state index contributed by atoms with van der Waals surface area (Å²) in [6.45, 7) is 1.72. The van der Waals surface area contributed by atoms with Crippen LogP contribution in [-0.4, -0.2) is 12.6 Å². The van der Waals surface area contributed by atoms with E-state index in [-0.39, 0.29) is 5.97 Å². The Kier molecular flexibility index (Phi) is 3.55. The molecule has 0 bridgehead atoms. The Balaban J connectivity index is 2.09. The van der Waals surface area contributed by atoms with Crippen LogP contribution in [0.5, 0.6) is 0 Å². The molecule has 2 nitrogen and oxygen atoms in total. The van der Waals surface area contributed by atoms with Gasteiger partial charge in [-0.2, -0.15) is 0 Å². The third-order valence-corrected chi connectivity index (χ3v) is 2.49. The quantitative estimate of drug-likeness (QED) is 0.750. The standard InChI is InChI=1S/C15H14O2/c1-12(16)17-11-3-4-13-7-9-14-5-2-6-15(14)10-8-13/h2-10H,11H2,1H3/b4-3+. The highest BCUT2D eigenvalue weighted by Crippen LogP contribution is 2.21. The van der Waals surface area contributed by atoms with Crippen LogP contribution in [0.1, 0.15) is 12.5 Å². The van der Waals surface area contributed by atoms with Gasteiger partial charge in [0.2, 0.25) is 0 Å². The molecule has 0 aromatic carbocycles. The number of hydrogen-bond donors (Lipinski definition) is 0. The molecule has 0 amide bonds. The molecular weight excluding hydrogens is 212 g/mol. The number of esters is 1. The van der Waals surface area contributed by atoms with Crippen LogP contribution in [0.2, 0.25) is 0 Å². The van der Waals surface area contributed by atoms with Crippen LogP contribution < -0.4 is 0 Å². The van der Waals surface area contributed by atoms with Gasteiger partial charge in [0.25, 0.3) is 0 Å². The summed E-state index contributed by atoms with van der Waals surface area (Å²) in [4.78, 5) is 10.6. The summed E-state index contributed by atoms with van der Waals surface area (Å²) in [5, 5.41) is 0. The second kappa shape index (κ2) is 5.30. The zero-order valence-electron chi connectivity index (χ0n) is 9.72. The van der Waals surface area contributed by atoms with Gasteiger partial charge >= 0.3 is 5.97 Å². The lowest BCUT2D eigenvalue weighted by molar-refractivity contribution is -0.139. The van der Waals surface area contributed by atoms with Crippen molar-refractivity contribution in [3.05, 3.63) is 54.1 Å². The van der Waals surface area contributed by atoms with E-state index in [1.165, 1.54) is 18.1 Å². The van der Waals surface area contributed by atoms with Crippen molar-refractivity contribution in [1.82, 2.24) is 0 Å². The van der Waals surface area contributed by atoms with Crippen molar-refractivity contribution >= 4 is 12.0 Å². The summed E-state index contributed by atoms with van der Waals surface area (Å²) in [7, 11) is 0. The summed E-state index contributed by atoms with van der Waals surface area (Å²) < 4.78 is 4.82. The van der Waals surface area contributed by atoms with E-state index in [2.05, 4.69) is 24.3 Å². The van der Waals surface area contributed by atoms with Crippen LogP contribution in [0.15, 0.2) is 48.5 Å². The highest BCUT2D eigenvalue weighted by Gasteiger charge is 1.97. The van der Waals surface area contributed by atoms with Gasteiger partial charge in [-0.3, -0.25) is 4.79 Å². The summed E-state index contributed by atoms with van der Waals surface area (Å²) >= 11 is 0. The average molecular weight is 226 g/mol. The molecule has 2 rings (SSSR count). The number of hydrogen-bond acceptors (Lipinski definition) is 2. The molecule has 0 atom stereocenters. The minimum atomic E-state index is -0.257. The van der Waals surface area contributed by atoms with Gasteiger partial charge in [0.15, 0.2) is 0 Å². The Hall–Kier alpha value is -2.09. The van der Waals surface area contributed by atoms with Crippen molar-refractivity contribution in [3.63, 3.8) is 0 Å². The fourth-order valence-corrected chi connectivity index (χ4v) is 1.64. The lowest BCUT2D eigenvalue weighted by Crippen LogP contribution is -1.97. The Bertz CT molecular complexity index is 484. The maximum atomic E-state index is 10.6. The van der Waals surface area contributed by atoms with Crippen molar-refractivity contribution in [1.29, 1.82) is 0 Å². The fourth-order valence-electron chi connectivity index (χ4n) is 1.64. The summed E-state index contributed by atoms with van der Waals surface area (Å²) in [6.07, 6.45) is 3.78. The monoisotopic (exact) mass is 226 g/mol. The number of rotatable bonds is 3. The molecule has 0 saturated heterocycles. The molecule has 17 heavy (non-hydrogen) atoms. The van der Waals surface area contributed by atoms with Crippen molar-refractivity contribution < 1.29 is 9.53 Å². The molecular formula is C15H14O2. The van der Waals surface area contributed by atoms with E-state index in [0.29, 0.717) is 6.61 Å². The minimum absolute atomic E-state index is 0.257. The van der Waals surface area contributed by atoms with Gasteiger partial charge < -0.3 is 4.74 Å². The third-order valence-electron chi connectivity index (χ3n) is 2.49. The highest BCUT2D eigenvalue weighted by molar-refractivity contribution is 5.68. The van der Waals surface area contributed by atoms with Crippen molar-refractivity contribution in [2.24, 2.45) is 0 Å². The molecule has 2 aliphatic rings. The zero-order chi connectivity index (χ0) is 12.1. The summed E-state index contributed by atoms with van der Waals surface area (Å²) in [6, 6.07) is 14.5. The molecule has 86 valence electrons. The van der Waals surface area contributed by atoms with Gasteiger partial charge in [0.1, 0.15) is 6.61 Å². The molecule has 0 heterocycles. The number of carbonyl (C=O) groups excluding carboxylic acids is 1. The van der Waals surface area contributed by atoms with E-state index in [1.807, 2.05) is 30.4 Å². The second-order valence-electron chi connectivity index (χ2n) is 3.81. The van der Waals surface area contributed by atoms with Gasteiger partial charge in [0, 0.05) is 6.92 Å². The first-order valence-corrected chi connectivity index (χ1v) is 5.54. The zero-order valence-corrected chi connectivity index (χ0v) is 9.72. The lowest BCUT2D eigenvalue weighted by Gasteiger charge is -1.93. The Morgan fingerprint density at radius 2 is 1.76 bits per heavy atom. The molecule has 0 spiro atoms. The van der Waals surface area contributed by atoms with E-state index >= 15 is 0 Å². The van der Waals surface area contributed by atoms with Crippen LogP contribution in [0.3, 0.4) is 0 Å². The molecule has 2 heteroatoms. The highest BCUT2D eigenvalue weighted by atomic mass is 16.5. The summed E-state index contributed by atoms with van der Waals surface area (Å²) in [5.74, 6) is -0.257. The predicted molar refractivity (Wildman–Crippen MR) is 68.7 cm³/mol. The van der Waals surface area contributed by atoms with Crippen molar-refractivity contribution in [2.75, 3.05) is 6.61 Å². The van der Waals surface area contributed by atoms with E-state index in [0.717, 1.165) is 5.56 Å². The van der Waals surface area contributed by atoms with Crippen molar-refractivity contribution in [3.8, 4) is 11.1 Å². The third kappa shape index (κ3) is 3.18. The fraction of sp³-hybridized carbons (Fsp3) is 0.133. The maximum Gasteiger partial charge on any atom is 0.302 e. The van der Waals surface area contributed by atoms with Gasteiger partial charge in [-0.15, -0.1) is 0 Å². The maximum absolute atomic E-state index is 10.6. The predicted octanol–water partition coefficient (Wildman–Crippen LogP) is 3.37. The molecule has 0 radical (unpaired) electrons. The van der Waals surface area contributed by atoms with Gasteiger partial charge in [-0.25, -0.2) is 0 Å². The first kappa shape index (κ1) is 11.4. The van der Waals surface area contributed by atoms with Crippen LogP contribution in [0.25, 0.3) is 17.2 Å². The Morgan fingerprint density at radius 1 is 1.12 bits per heavy atom. The number of fused-ring (bicyclic) bond motifs is 1. The van der Waals surface area contributed by atoms with Crippen LogP contribution in [0, 0.1) is 0 Å². The van der Waals surface area contributed by atoms with E-state index in [4.69, 9.17) is 4.74 Å². The molecule has 2 aliphatic carbocycles. The van der Waals surface area contributed by atoms with Gasteiger partial charge in [-0.1, -0.05) is 48.5 Å². The SMILES string of the molecule is CC(=O)OC/C=C/c1ccc2cccc-2cc1. The number of ether oxygens (including phenoxy) is 1. The first-order valence-electron chi connectivity index (χ1n) is 5.54. The molecule has 0 aromatic rings. The lowest BCUT2D eigenvalue weighted by atomic mass is 10.2. The Morgan fingerprint density at radius 3 is 2.35 bits per heavy atom. The van der Waals surface area contributed by atoms with Crippen LogP contribution >= 0.6 is 0 Å². The van der Waals surface area contributed by atoms with E-state index in [9.17, 15) is 4.79 Å². The van der Waals surface area contributed by atoms with Crippen LogP contribution in [0.4, 0.5) is 0 Å². The summed E-state index contributed by atoms with van der Waals surface area (Å²) in [5.41, 5.74) is 3.54. The average Bonchev–Trinajstić information content (AvgIpc) is 2.66. The normalized spacial score (nSPS) is 10.9. The molecule has 0 unspecified atom stereocenters. The van der Waals surface area contributed by atoms with Crippen LogP contribution in [-0.2, 0) is 9.53 Å². The van der Waals surface area contributed by atoms with E-state index in [1.54, 1.807) is 0 Å². The Labute approximate surface area is 101 Å². The van der Waals surface area contributed by atoms with Gasteiger partial charge in [0.05, 0.1) is 0 Å². The topological polar surface area (TPSA) is 26.3 Å². The first-order chi connectivity index (χ1) is 8.25. The van der Waals surface area contributed by atoms with Crippen molar-refractivity contribution in [2.45, 2.75) is 6.92 Å². The van der Waals surface area contributed by atoms with Gasteiger partial charge in [-0.05, 0) is 22.8 Å². The molecule has 0 aliphatic heterocycles. The van der Waals surface area contributed by atoms with E-state index < -0.39 is 0 Å². The number of carbonyl (C=O) groups is 1. The minimum Gasteiger partial charge on any atom is -0.462 e.